The van der Waals surface area contributed by atoms with E-state index in [0.29, 0.717) is 11.5 Å². The van der Waals surface area contributed by atoms with Gasteiger partial charge in [-0.15, -0.1) is 0 Å². The van der Waals surface area contributed by atoms with Crippen molar-refractivity contribution in [2.75, 3.05) is 25.6 Å². The molecular formula is C10H16N4OS. The summed E-state index contributed by atoms with van der Waals surface area (Å²) in [7, 11) is 1.70. The van der Waals surface area contributed by atoms with Gasteiger partial charge in [-0.1, -0.05) is 12.2 Å². The third-order valence-electron chi connectivity index (χ3n) is 2.00. The van der Waals surface area contributed by atoms with Gasteiger partial charge < -0.3 is 15.8 Å². The molecular weight excluding hydrogens is 224 g/mol. The molecule has 0 spiro atoms. The minimum Gasteiger partial charge on any atom is -0.388 e. The van der Waals surface area contributed by atoms with Gasteiger partial charge in [0.25, 0.3) is 0 Å². The summed E-state index contributed by atoms with van der Waals surface area (Å²) in [5.41, 5.74) is 6.08. The Bertz CT molecular complexity index is 345. The van der Waals surface area contributed by atoms with E-state index >= 15 is 0 Å². The van der Waals surface area contributed by atoms with Crippen molar-refractivity contribution in [2.24, 2.45) is 5.73 Å². The van der Waals surface area contributed by atoms with Gasteiger partial charge in [0.2, 0.25) is 0 Å². The molecule has 1 aromatic rings. The molecule has 0 atom stereocenters. The van der Waals surface area contributed by atoms with Crippen LogP contribution < -0.4 is 11.1 Å². The molecule has 1 rings (SSSR count). The molecule has 1 heterocycles. The summed E-state index contributed by atoms with van der Waals surface area (Å²) >= 11 is 4.89. The van der Waals surface area contributed by atoms with Crippen molar-refractivity contribution in [1.82, 2.24) is 9.97 Å². The van der Waals surface area contributed by atoms with Crippen LogP contribution in [-0.2, 0) is 4.74 Å². The lowest BCUT2D eigenvalue weighted by atomic mass is 10.3. The average molecular weight is 240 g/mol. The molecule has 6 heteroatoms. The Morgan fingerprint density at radius 1 is 1.44 bits per heavy atom. The van der Waals surface area contributed by atoms with Crippen LogP contribution in [0.3, 0.4) is 0 Å². The second-order valence-electron chi connectivity index (χ2n) is 3.24. The van der Waals surface area contributed by atoms with Crippen LogP contribution in [-0.4, -0.2) is 35.2 Å². The van der Waals surface area contributed by atoms with Gasteiger partial charge in [0.05, 0.1) is 0 Å². The molecule has 0 aliphatic heterocycles. The SMILES string of the molecule is COCCCCNc1nccnc1C(N)=S. The molecule has 0 amide bonds. The Kier molecular flexibility index (Phi) is 5.66. The molecule has 0 aromatic carbocycles. The Morgan fingerprint density at radius 2 is 2.19 bits per heavy atom. The number of hydrogen-bond acceptors (Lipinski definition) is 5. The van der Waals surface area contributed by atoms with Crippen molar-refractivity contribution in [2.45, 2.75) is 12.8 Å². The van der Waals surface area contributed by atoms with E-state index in [1.807, 2.05) is 0 Å². The largest absolute Gasteiger partial charge is 0.388 e. The average Bonchev–Trinajstić information content (AvgIpc) is 2.29. The van der Waals surface area contributed by atoms with Crippen LogP contribution in [0.15, 0.2) is 12.4 Å². The highest BCUT2D eigenvalue weighted by molar-refractivity contribution is 7.80. The van der Waals surface area contributed by atoms with Gasteiger partial charge in [0.15, 0.2) is 5.82 Å². The Labute approximate surface area is 100 Å². The molecule has 0 unspecified atom stereocenters. The number of methoxy groups -OCH3 is 1. The van der Waals surface area contributed by atoms with E-state index in [1.54, 1.807) is 19.5 Å². The van der Waals surface area contributed by atoms with Gasteiger partial charge in [0, 0.05) is 32.7 Å². The van der Waals surface area contributed by atoms with Gasteiger partial charge in [0.1, 0.15) is 10.7 Å². The molecule has 0 aliphatic rings. The number of hydrogen-bond donors (Lipinski definition) is 2. The van der Waals surface area contributed by atoms with Crippen LogP contribution in [0.1, 0.15) is 18.5 Å². The lowest BCUT2D eigenvalue weighted by Gasteiger charge is -2.08. The predicted octanol–water partition coefficient (Wildman–Crippen LogP) is 0.949. The molecule has 1 aromatic heterocycles. The standard InChI is InChI=1S/C10H16N4OS/c1-15-7-3-2-4-13-10-8(9(11)16)12-5-6-14-10/h5-6H,2-4,7H2,1H3,(H2,11,16)(H,13,14). The number of ether oxygens (including phenoxy) is 1. The van der Waals surface area contributed by atoms with E-state index in [9.17, 15) is 0 Å². The quantitative estimate of drug-likeness (QED) is 0.546. The first-order valence-corrected chi connectivity index (χ1v) is 5.50. The van der Waals surface area contributed by atoms with E-state index in [1.165, 1.54) is 0 Å². The van der Waals surface area contributed by atoms with Crippen molar-refractivity contribution in [3.8, 4) is 0 Å². The van der Waals surface area contributed by atoms with Gasteiger partial charge >= 0.3 is 0 Å². The van der Waals surface area contributed by atoms with E-state index in [0.717, 1.165) is 26.0 Å². The van der Waals surface area contributed by atoms with Crippen LogP contribution in [0.5, 0.6) is 0 Å². The molecule has 0 aliphatic carbocycles. The lowest BCUT2D eigenvalue weighted by molar-refractivity contribution is 0.194. The minimum absolute atomic E-state index is 0.257. The molecule has 5 nitrogen and oxygen atoms in total. The van der Waals surface area contributed by atoms with Crippen molar-refractivity contribution in [3.05, 3.63) is 18.1 Å². The van der Waals surface area contributed by atoms with Crippen LogP contribution >= 0.6 is 12.2 Å². The normalized spacial score (nSPS) is 10.1. The number of aromatic nitrogens is 2. The zero-order valence-corrected chi connectivity index (χ0v) is 10.1. The Hall–Kier alpha value is -1.27. The fourth-order valence-electron chi connectivity index (χ4n) is 1.23. The van der Waals surface area contributed by atoms with Crippen LogP contribution in [0.4, 0.5) is 5.82 Å². The maximum atomic E-state index is 5.54. The monoisotopic (exact) mass is 240 g/mol. The summed E-state index contributed by atoms with van der Waals surface area (Å²) < 4.78 is 4.96. The summed E-state index contributed by atoms with van der Waals surface area (Å²) in [6, 6.07) is 0. The Balaban J connectivity index is 2.44. The van der Waals surface area contributed by atoms with Crippen molar-refractivity contribution in [1.29, 1.82) is 0 Å². The summed E-state index contributed by atoms with van der Waals surface area (Å²) in [4.78, 5) is 8.48. The van der Waals surface area contributed by atoms with E-state index in [4.69, 9.17) is 22.7 Å². The number of anilines is 1. The number of nitrogens with one attached hydrogen (secondary N) is 1. The first-order valence-electron chi connectivity index (χ1n) is 5.09. The first-order chi connectivity index (χ1) is 7.75. The van der Waals surface area contributed by atoms with Crippen LogP contribution in [0, 0.1) is 0 Å². The highest BCUT2D eigenvalue weighted by Crippen LogP contribution is 2.07. The highest BCUT2D eigenvalue weighted by Gasteiger charge is 2.06. The second-order valence-corrected chi connectivity index (χ2v) is 3.68. The van der Waals surface area contributed by atoms with E-state index in [-0.39, 0.29) is 4.99 Å². The van der Waals surface area contributed by atoms with Crippen molar-refractivity contribution >= 4 is 23.0 Å². The topological polar surface area (TPSA) is 73.1 Å². The lowest BCUT2D eigenvalue weighted by Crippen LogP contribution is -2.16. The fraction of sp³-hybridized carbons (Fsp3) is 0.500. The summed E-state index contributed by atoms with van der Waals surface area (Å²) in [5.74, 6) is 0.646. The third-order valence-corrected chi connectivity index (χ3v) is 2.19. The number of nitrogens with two attached hydrogens (primary N) is 1. The molecule has 0 saturated heterocycles. The fourth-order valence-corrected chi connectivity index (χ4v) is 1.38. The first kappa shape index (κ1) is 12.8. The van der Waals surface area contributed by atoms with Gasteiger partial charge in [-0.05, 0) is 12.8 Å². The maximum Gasteiger partial charge on any atom is 0.155 e. The smallest absolute Gasteiger partial charge is 0.155 e. The summed E-state index contributed by atoms with van der Waals surface area (Å²) in [6.07, 6.45) is 5.19. The molecule has 16 heavy (non-hydrogen) atoms. The molecule has 88 valence electrons. The van der Waals surface area contributed by atoms with E-state index in [2.05, 4.69) is 15.3 Å². The van der Waals surface area contributed by atoms with E-state index < -0.39 is 0 Å². The summed E-state index contributed by atoms with van der Waals surface area (Å²) in [5, 5.41) is 3.16. The maximum absolute atomic E-state index is 5.54. The molecule has 0 radical (unpaired) electrons. The number of thiocarbonyl (C=S) groups is 1. The molecule has 0 saturated carbocycles. The van der Waals surface area contributed by atoms with Crippen LogP contribution in [0.2, 0.25) is 0 Å². The predicted molar refractivity (Wildman–Crippen MR) is 67.5 cm³/mol. The zero-order valence-electron chi connectivity index (χ0n) is 9.27. The molecule has 3 N–H and O–H groups in total. The summed E-state index contributed by atoms with van der Waals surface area (Å²) in [6.45, 7) is 1.57. The number of rotatable bonds is 7. The van der Waals surface area contributed by atoms with Gasteiger partial charge in [-0.25, -0.2) is 9.97 Å². The van der Waals surface area contributed by atoms with Crippen molar-refractivity contribution < 1.29 is 4.74 Å². The zero-order chi connectivity index (χ0) is 11.8. The number of unbranched alkanes of at least 4 members (excludes halogenated alkanes) is 1. The number of nitrogens with zero attached hydrogens (tertiary/aromatic N) is 2. The highest BCUT2D eigenvalue weighted by atomic mass is 32.1. The third kappa shape index (κ3) is 4.08. The second kappa shape index (κ2) is 7.08. The minimum atomic E-state index is 0.257. The van der Waals surface area contributed by atoms with Crippen LogP contribution in [0.25, 0.3) is 0 Å². The van der Waals surface area contributed by atoms with Crippen molar-refractivity contribution in [3.63, 3.8) is 0 Å². The molecule has 0 fully saturated rings. The Morgan fingerprint density at radius 3 is 2.88 bits per heavy atom. The molecule has 0 bridgehead atoms. The van der Waals surface area contributed by atoms with Gasteiger partial charge in [-0.2, -0.15) is 0 Å². The van der Waals surface area contributed by atoms with Gasteiger partial charge in [-0.3, -0.25) is 0 Å².